The lowest BCUT2D eigenvalue weighted by molar-refractivity contribution is 0.456. The molecule has 4 nitrogen and oxygen atoms in total. The van der Waals surface area contributed by atoms with Gasteiger partial charge in [0.2, 0.25) is 0 Å². The highest BCUT2D eigenvalue weighted by molar-refractivity contribution is 5.83. The molecule has 2 aliphatic rings. The molecule has 0 bridgehead atoms. The maximum absolute atomic E-state index is 4.46. The summed E-state index contributed by atoms with van der Waals surface area (Å²) in [6, 6.07) is 0. The summed E-state index contributed by atoms with van der Waals surface area (Å²) in [7, 11) is 0. The lowest BCUT2D eigenvalue weighted by Gasteiger charge is -2.29. The summed E-state index contributed by atoms with van der Waals surface area (Å²) in [5.41, 5.74) is 1.23. The van der Waals surface area contributed by atoms with E-state index in [9.17, 15) is 0 Å². The molecule has 0 aliphatic carbocycles. The van der Waals surface area contributed by atoms with E-state index in [2.05, 4.69) is 47.8 Å². The Bertz CT molecular complexity index is 357. The maximum Gasteiger partial charge on any atom is 0.149 e. The van der Waals surface area contributed by atoms with Crippen molar-refractivity contribution in [2.45, 2.75) is 39.4 Å². The largest absolute Gasteiger partial charge is 0.367 e. The molecule has 1 atom stereocenters. The second-order valence-electron chi connectivity index (χ2n) is 4.95. The van der Waals surface area contributed by atoms with Gasteiger partial charge in [-0.15, -0.1) is 0 Å². The minimum atomic E-state index is 0.0495. The topological polar surface area (TPSA) is 48.5 Å². The number of amidine groups is 1. The third-order valence-corrected chi connectivity index (χ3v) is 2.23. The number of nitrogens with one attached hydrogen (secondary N) is 3. The maximum atomic E-state index is 4.46. The van der Waals surface area contributed by atoms with E-state index in [1.807, 2.05) is 13.1 Å². The van der Waals surface area contributed by atoms with Crippen molar-refractivity contribution in [3.8, 4) is 0 Å². The van der Waals surface area contributed by atoms with Crippen LogP contribution in [-0.4, -0.2) is 17.5 Å². The van der Waals surface area contributed by atoms with Gasteiger partial charge >= 0.3 is 0 Å². The van der Waals surface area contributed by atoms with Crippen LogP contribution in [-0.2, 0) is 0 Å². The summed E-state index contributed by atoms with van der Waals surface area (Å²) < 4.78 is 0. The molecule has 0 saturated heterocycles. The first-order valence-electron chi connectivity index (χ1n) is 5.22. The van der Waals surface area contributed by atoms with Crippen molar-refractivity contribution >= 4 is 5.84 Å². The predicted molar refractivity (Wildman–Crippen MR) is 62.2 cm³/mol. The van der Waals surface area contributed by atoms with Gasteiger partial charge in [0, 0.05) is 11.1 Å². The van der Waals surface area contributed by atoms with Gasteiger partial charge in [-0.2, -0.15) is 0 Å². The average molecular weight is 206 g/mol. The quantitative estimate of drug-likeness (QED) is 0.601. The highest BCUT2D eigenvalue weighted by atomic mass is 15.2. The number of nitrogens with zero attached hydrogens (tertiary/aromatic N) is 1. The number of hydrogen-bond acceptors (Lipinski definition) is 4. The van der Waals surface area contributed by atoms with Gasteiger partial charge in [-0.05, 0) is 40.0 Å². The lowest BCUT2D eigenvalue weighted by atomic mass is 10.1. The van der Waals surface area contributed by atoms with Crippen molar-refractivity contribution in [3.05, 3.63) is 23.7 Å². The van der Waals surface area contributed by atoms with Crippen LogP contribution in [0.25, 0.3) is 0 Å². The van der Waals surface area contributed by atoms with Gasteiger partial charge in [0.1, 0.15) is 17.8 Å². The van der Waals surface area contributed by atoms with Crippen molar-refractivity contribution in [3.63, 3.8) is 0 Å². The molecule has 1 unspecified atom stereocenters. The van der Waals surface area contributed by atoms with Gasteiger partial charge in [-0.25, -0.2) is 4.99 Å². The average Bonchev–Trinajstić information content (AvgIpc) is 2.48. The summed E-state index contributed by atoms with van der Waals surface area (Å²) in [6.45, 7) is 8.40. The van der Waals surface area contributed by atoms with Crippen molar-refractivity contribution in [2.75, 3.05) is 0 Å². The molecule has 3 N–H and O–H groups in total. The molecule has 0 fully saturated rings. The van der Waals surface area contributed by atoms with Crippen LogP contribution in [0.2, 0.25) is 0 Å². The van der Waals surface area contributed by atoms with Crippen molar-refractivity contribution in [2.24, 2.45) is 4.99 Å². The first kappa shape index (κ1) is 10.1. The molecule has 0 spiro atoms. The molecule has 0 radical (unpaired) electrons. The van der Waals surface area contributed by atoms with Gasteiger partial charge in [0.05, 0.1) is 0 Å². The van der Waals surface area contributed by atoms with Gasteiger partial charge in [-0.1, -0.05) is 0 Å². The Kier molecular flexibility index (Phi) is 2.21. The Balaban J connectivity index is 2.25. The summed E-state index contributed by atoms with van der Waals surface area (Å²) in [5.74, 6) is 1.99. The van der Waals surface area contributed by atoms with E-state index in [0.717, 1.165) is 11.7 Å². The second kappa shape index (κ2) is 3.29. The molecule has 0 saturated carbocycles. The Morgan fingerprint density at radius 3 is 2.80 bits per heavy atom. The van der Waals surface area contributed by atoms with Crippen LogP contribution in [0.4, 0.5) is 0 Å². The van der Waals surface area contributed by atoms with Crippen LogP contribution in [0.3, 0.4) is 0 Å². The molecule has 15 heavy (non-hydrogen) atoms. The number of rotatable bonds is 1. The van der Waals surface area contributed by atoms with E-state index >= 15 is 0 Å². The first-order chi connectivity index (χ1) is 6.96. The first-order valence-corrected chi connectivity index (χ1v) is 5.22. The van der Waals surface area contributed by atoms with Crippen LogP contribution in [0.5, 0.6) is 0 Å². The number of hydrogen-bond donors (Lipinski definition) is 3. The standard InChI is InChI=1S/C11H18N4/c1-7-13-9-8(5-6-12-9)10(14-7)15-11(2,3)4/h5-6,9,12,15H,1-4H3,(H,13,14). The molecule has 4 heteroatoms. The fourth-order valence-corrected chi connectivity index (χ4v) is 1.69. The summed E-state index contributed by atoms with van der Waals surface area (Å²) in [4.78, 5) is 4.46. The lowest BCUT2D eigenvalue weighted by Crippen LogP contribution is -2.45. The van der Waals surface area contributed by atoms with Gasteiger partial charge < -0.3 is 16.0 Å². The second-order valence-corrected chi connectivity index (χ2v) is 4.95. The third kappa shape index (κ3) is 2.14. The molecule has 0 aromatic carbocycles. The highest BCUT2D eigenvalue weighted by Crippen LogP contribution is 2.19. The third-order valence-electron chi connectivity index (χ3n) is 2.23. The summed E-state index contributed by atoms with van der Waals surface area (Å²) >= 11 is 0. The Hall–Kier alpha value is -1.45. The predicted octanol–water partition coefficient (Wildman–Crippen LogP) is 1.05. The molecule has 2 heterocycles. The van der Waals surface area contributed by atoms with E-state index in [1.165, 1.54) is 5.57 Å². The fraction of sp³-hybridized carbons (Fsp3) is 0.545. The Labute approximate surface area is 90.5 Å². The van der Waals surface area contributed by atoms with E-state index in [4.69, 9.17) is 0 Å². The Morgan fingerprint density at radius 1 is 1.40 bits per heavy atom. The zero-order valence-electron chi connectivity index (χ0n) is 9.68. The normalized spacial score (nSPS) is 24.3. The van der Waals surface area contributed by atoms with Gasteiger partial charge in [0.15, 0.2) is 0 Å². The van der Waals surface area contributed by atoms with Gasteiger partial charge in [-0.3, -0.25) is 0 Å². The van der Waals surface area contributed by atoms with Gasteiger partial charge in [0.25, 0.3) is 0 Å². The van der Waals surface area contributed by atoms with Crippen LogP contribution in [0.1, 0.15) is 27.7 Å². The molecule has 0 amide bonds. The van der Waals surface area contributed by atoms with E-state index in [1.54, 1.807) is 0 Å². The molecule has 82 valence electrons. The van der Waals surface area contributed by atoms with Crippen molar-refractivity contribution in [1.82, 2.24) is 16.0 Å². The van der Waals surface area contributed by atoms with E-state index in [0.29, 0.717) is 0 Å². The zero-order chi connectivity index (χ0) is 11.1. The number of aliphatic imine (C=N–C) groups is 1. The smallest absolute Gasteiger partial charge is 0.149 e. The molecular formula is C11H18N4. The molecule has 2 rings (SSSR count). The monoisotopic (exact) mass is 206 g/mol. The summed E-state index contributed by atoms with van der Waals surface area (Å²) in [5, 5.41) is 9.93. The van der Waals surface area contributed by atoms with Crippen LogP contribution >= 0.6 is 0 Å². The minimum Gasteiger partial charge on any atom is -0.367 e. The van der Waals surface area contributed by atoms with Crippen molar-refractivity contribution in [1.29, 1.82) is 0 Å². The van der Waals surface area contributed by atoms with Crippen LogP contribution in [0.15, 0.2) is 28.7 Å². The summed E-state index contributed by atoms with van der Waals surface area (Å²) in [6.07, 6.45) is 4.08. The Morgan fingerprint density at radius 2 is 2.13 bits per heavy atom. The molecule has 0 aromatic heterocycles. The van der Waals surface area contributed by atoms with Crippen LogP contribution < -0.4 is 16.0 Å². The number of fused-ring (bicyclic) bond motifs is 1. The molecule has 2 aliphatic heterocycles. The molecule has 0 aromatic rings. The minimum absolute atomic E-state index is 0.0495. The zero-order valence-corrected chi connectivity index (χ0v) is 9.68. The fourth-order valence-electron chi connectivity index (χ4n) is 1.69. The van der Waals surface area contributed by atoms with E-state index in [-0.39, 0.29) is 11.7 Å². The SMILES string of the molecule is CC1=NC2NC=CC2=C(NC(C)(C)C)N1. The van der Waals surface area contributed by atoms with Crippen molar-refractivity contribution < 1.29 is 0 Å². The highest BCUT2D eigenvalue weighted by Gasteiger charge is 2.25. The van der Waals surface area contributed by atoms with Crippen LogP contribution in [0, 0.1) is 0 Å². The van der Waals surface area contributed by atoms with E-state index < -0.39 is 0 Å². The molecular weight excluding hydrogens is 188 g/mol.